The number of carbonyl (C=O) groups excluding carboxylic acids is 1. The molecule has 0 aliphatic rings. The van der Waals surface area contributed by atoms with Crippen LogP contribution in [0.5, 0.6) is 5.75 Å². The van der Waals surface area contributed by atoms with Crippen molar-refractivity contribution in [1.29, 1.82) is 0 Å². The third kappa shape index (κ3) is 3.51. The Morgan fingerprint density at radius 2 is 2.10 bits per heavy atom. The van der Waals surface area contributed by atoms with Crippen molar-refractivity contribution in [2.75, 3.05) is 17.7 Å². The van der Waals surface area contributed by atoms with Crippen molar-refractivity contribution in [3.8, 4) is 5.75 Å². The normalized spacial score (nSPS) is 10.2. The molecule has 0 fully saturated rings. The number of benzene rings is 1. The van der Waals surface area contributed by atoms with Gasteiger partial charge in [-0.15, -0.1) is 11.3 Å². The number of rotatable bonds is 5. The maximum atomic E-state index is 11.1. The molecule has 5 heteroatoms. The smallest absolute Gasteiger partial charge is 0.221 e. The molecule has 1 heterocycles. The number of methoxy groups -OCH3 is 1. The summed E-state index contributed by atoms with van der Waals surface area (Å²) in [6, 6.07) is 7.84. The summed E-state index contributed by atoms with van der Waals surface area (Å²) in [4.78, 5) is 12.2. The molecule has 2 N–H and O–H groups in total. The number of hydrogen-bond donors (Lipinski definition) is 2. The van der Waals surface area contributed by atoms with E-state index < -0.39 is 0 Å². The zero-order valence-electron chi connectivity index (χ0n) is 11.8. The Labute approximate surface area is 122 Å². The molecule has 2 rings (SSSR count). The predicted molar refractivity (Wildman–Crippen MR) is 83.7 cm³/mol. The molecule has 1 amide bonds. The molecule has 20 heavy (non-hydrogen) atoms. The summed E-state index contributed by atoms with van der Waals surface area (Å²) in [6.45, 7) is 4.23. The maximum absolute atomic E-state index is 11.1. The summed E-state index contributed by atoms with van der Waals surface area (Å²) in [6.07, 6.45) is 0. The Bertz CT molecular complexity index is 608. The third-order valence-corrected chi connectivity index (χ3v) is 3.85. The Morgan fingerprint density at radius 1 is 1.30 bits per heavy atom. The summed E-state index contributed by atoms with van der Waals surface area (Å²) in [5, 5.41) is 8.19. The minimum Gasteiger partial charge on any atom is -0.497 e. The van der Waals surface area contributed by atoms with E-state index in [-0.39, 0.29) is 5.91 Å². The highest BCUT2D eigenvalue weighted by atomic mass is 32.1. The first-order valence-electron chi connectivity index (χ1n) is 6.32. The second kappa shape index (κ2) is 6.43. The number of anilines is 2. The van der Waals surface area contributed by atoms with Gasteiger partial charge in [-0.2, -0.15) is 0 Å². The van der Waals surface area contributed by atoms with Crippen LogP contribution < -0.4 is 15.4 Å². The molecule has 0 bridgehead atoms. The Hall–Kier alpha value is -2.01. The molecule has 1 aromatic heterocycles. The van der Waals surface area contributed by atoms with Gasteiger partial charge < -0.3 is 15.4 Å². The summed E-state index contributed by atoms with van der Waals surface area (Å²) in [5.74, 6) is 0.799. The van der Waals surface area contributed by atoms with Crippen LogP contribution in [-0.2, 0) is 11.3 Å². The van der Waals surface area contributed by atoms with E-state index in [2.05, 4.69) is 10.6 Å². The largest absolute Gasteiger partial charge is 0.497 e. The number of ether oxygens (including phenoxy) is 1. The van der Waals surface area contributed by atoms with Crippen molar-refractivity contribution >= 4 is 28.6 Å². The summed E-state index contributed by atoms with van der Waals surface area (Å²) < 4.78 is 5.19. The molecular formula is C15H18N2O2S. The average Bonchev–Trinajstić information content (AvgIpc) is 2.83. The van der Waals surface area contributed by atoms with Crippen LogP contribution in [0.2, 0.25) is 0 Å². The molecule has 2 aromatic rings. The molecule has 4 nitrogen and oxygen atoms in total. The molecule has 0 atom stereocenters. The van der Waals surface area contributed by atoms with Gasteiger partial charge in [0.2, 0.25) is 5.91 Å². The number of thiophene rings is 1. The van der Waals surface area contributed by atoms with E-state index in [1.165, 1.54) is 6.92 Å². The number of aryl methyl sites for hydroxylation is 1. The van der Waals surface area contributed by atoms with Crippen molar-refractivity contribution in [1.82, 2.24) is 0 Å². The second-order valence-corrected chi connectivity index (χ2v) is 5.47. The van der Waals surface area contributed by atoms with E-state index >= 15 is 0 Å². The van der Waals surface area contributed by atoms with Gasteiger partial charge in [0, 0.05) is 17.5 Å². The first-order chi connectivity index (χ1) is 9.60. The SMILES string of the molecule is COc1ccc(NCc2sccc2NC(C)=O)c(C)c1. The van der Waals surface area contributed by atoms with Gasteiger partial charge in [-0.25, -0.2) is 0 Å². The molecule has 0 aliphatic heterocycles. The summed E-state index contributed by atoms with van der Waals surface area (Å²) in [7, 11) is 1.66. The van der Waals surface area contributed by atoms with Gasteiger partial charge in [0.15, 0.2) is 0 Å². The number of hydrogen-bond acceptors (Lipinski definition) is 4. The summed E-state index contributed by atoms with van der Waals surface area (Å²) in [5.41, 5.74) is 3.07. The molecule has 106 valence electrons. The van der Waals surface area contributed by atoms with Crippen molar-refractivity contribution in [2.24, 2.45) is 0 Å². The minimum absolute atomic E-state index is 0.0507. The first kappa shape index (κ1) is 14.4. The Morgan fingerprint density at radius 3 is 2.75 bits per heavy atom. The zero-order valence-corrected chi connectivity index (χ0v) is 12.6. The van der Waals surface area contributed by atoms with E-state index in [0.717, 1.165) is 27.6 Å². The first-order valence-corrected chi connectivity index (χ1v) is 7.20. The average molecular weight is 290 g/mol. The van der Waals surface area contributed by atoms with Crippen LogP contribution in [0.15, 0.2) is 29.6 Å². The van der Waals surface area contributed by atoms with E-state index in [1.807, 2.05) is 36.6 Å². The van der Waals surface area contributed by atoms with Gasteiger partial charge in [-0.05, 0) is 42.1 Å². The van der Waals surface area contributed by atoms with Crippen LogP contribution in [0, 0.1) is 6.92 Å². The fraction of sp³-hybridized carbons (Fsp3) is 0.267. The van der Waals surface area contributed by atoms with Crippen LogP contribution in [0.1, 0.15) is 17.4 Å². The number of carbonyl (C=O) groups is 1. The molecule has 0 saturated carbocycles. The standard InChI is InChI=1S/C15H18N2O2S/c1-10-8-12(19-3)4-5-13(10)16-9-15-14(6-7-20-15)17-11(2)18/h4-8,16H,9H2,1-3H3,(H,17,18). The lowest BCUT2D eigenvalue weighted by molar-refractivity contribution is -0.114. The third-order valence-electron chi connectivity index (χ3n) is 2.93. The van der Waals surface area contributed by atoms with Gasteiger partial charge >= 0.3 is 0 Å². The van der Waals surface area contributed by atoms with Crippen LogP contribution in [-0.4, -0.2) is 13.0 Å². The fourth-order valence-electron chi connectivity index (χ4n) is 1.92. The quantitative estimate of drug-likeness (QED) is 0.884. The van der Waals surface area contributed by atoms with Gasteiger partial charge in [-0.1, -0.05) is 0 Å². The van der Waals surface area contributed by atoms with Crippen LogP contribution in [0.3, 0.4) is 0 Å². The number of nitrogens with one attached hydrogen (secondary N) is 2. The van der Waals surface area contributed by atoms with Crippen LogP contribution in [0.4, 0.5) is 11.4 Å². The van der Waals surface area contributed by atoms with E-state index in [4.69, 9.17) is 4.74 Å². The molecule has 0 unspecified atom stereocenters. The fourth-order valence-corrected chi connectivity index (χ4v) is 2.69. The predicted octanol–water partition coefficient (Wildman–Crippen LogP) is 3.64. The lowest BCUT2D eigenvalue weighted by atomic mass is 10.2. The summed E-state index contributed by atoms with van der Waals surface area (Å²) >= 11 is 1.62. The van der Waals surface area contributed by atoms with Gasteiger partial charge in [0.25, 0.3) is 0 Å². The van der Waals surface area contributed by atoms with Crippen LogP contribution >= 0.6 is 11.3 Å². The highest BCUT2D eigenvalue weighted by molar-refractivity contribution is 7.10. The highest BCUT2D eigenvalue weighted by Gasteiger charge is 2.06. The minimum atomic E-state index is -0.0507. The number of amides is 1. The van der Waals surface area contributed by atoms with Crippen molar-refractivity contribution in [3.63, 3.8) is 0 Å². The molecule has 0 aliphatic carbocycles. The molecule has 1 aromatic carbocycles. The van der Waals surface area contributed by atoms with Crippen molar-refractivity contribution in [2.45, 2.75) is 20.4 Å². The maximum Gasteiger partial charge on any atom is 0.221 e. The van der Waals surface area contributed by atoms with E-state index in [9.17, 15) is 4.79 Å². The zero-order chi connectivity index (χ0) is 14.5. The molecule has 0 radical (unpaired) electrons. The molecule has 0 saturated heterocycles. The topological polar surface area (TPSA) is 50.4 Å². The lowest BCUT2D eigenvalue weighted by Gasteiger charge is -2.11. The van der Waals surface area contributed by atoms with Gasteiger partial charge in [0.1, 0.15) is 5.75 Å². The monoisotopic (exact) mass is 290 g/mol. The van der Waals surface area contributed by atoms with Crippen molar-refractivity contribution in [3.05, 3.63) is 40.1 Å². The van der Waals surface area contributed by atoms with E-state index in [0.29, 0.717) is 6.54 Å². The van der Waals surface area contributed by atoms with Crippen LogP contribution in [0.25, 0.3) is 0 Å². The second-order valence-electron chi connectivity index (χ2n) is 4.47. The van der Waals surface area contributed by atoms with Gasteiger partial charge in [-0.3, -0.25) is 4.79 Å². The lowest BCUT2D eigenvalue weighted by Crippen LogP contribution is -2.08. The molecule has 0 spiro atoms. The van der Waals surface area contributed by atoms with E-state index in [1.54, 1.807) is 18.4 Å². The highest BCUT2D eigenvalue weighted by Crippen LogP contribution is 2.26. The molecular weight excluding hydrogens is 272 g/mol. The Kier molecular flexibility index (Phi) is 4.63. The van der Waals surface area contributed by atoms with Gasteiger partial charge in [0.05, 0.1) is 19.3 Å². The Balaban J connectivity index is 2.05. The van der Waals surface area contributed by atoms with Crippen molar-refractivity contribution < 1.29 is 9.53 Å².